The molecule has 0 aromatic rings. The van der Waals surface area contributed by atoms with E-state index < -0.39 is 8.32 Å². The highest BCUT2D eigenvalue weighted by Gasteiger charge is 2.17. The van der Waals surface area contributed by atoms with Crippen LogP contribution in [0.4, 0.5) is 0 Å². The summed E-state index contributed by atoms with van der Waals surface area (Å²) >= 11 is 0. The Kier molecular flexibility index (Phi) is 8.98. The predicted octanol–water partition coefficient (Wildman–Crippen LogP) is 4.07. The van der Waals surface area contributed by atoms with E-state index in [1.54, 1.807) is 0 Å². The van der Waals surface area contributed by atoms with Gasteiger partial charge in [0.1, 0.15) is 0 Å². The molecule has 0 unspecified atom stereocenters. The molecule has 0 amide bonds. The van der Waals surface area contributed by atoms with Crippen molar-refractivity contribution in [2.24, 2.45) is 0 Å². The number of hydrogen-bond donors (Lipinski definition) is 0. The lowest BCUT2D eigenvalue weighted by Crippen LogP contribution is -2.28. The van der Waals surface area contributed by atoms with Gasteiger partial charge in [-0.1, -0.05) is 43.2 Å². The smallest absolute Gasteiger partial charge is 0.266 e. The fraction of sp³-hybridized carbons (Fsp3) is 0.571. The Hall–Kier alpha value is -0.783. The SMILES string of the molecule is C/C=C/C=C/CO[Si](C)(C)C#CCCCC. The summed E-state index contributed by atoms with van der Waals surface area (Å²) in [4.78, 5) is 0. The topological polar surface area (TPSA) is 9.23 Å². The minimum atomic E-state index is -1.75. The summed E-state index contributed by atoms with van der Waals surface area (Å²) in [6, 6.07) is 0. The Morgan fingerprint density at radius 1 is 1.25 bits per heavy atom. The molecule has 0 aliphatic rings. The monoisotopic (exact) mass is 236 g/mol. The number of unbranched alkanes of at least 4 members (excludes halogenated alkanes) is 2. The third kappa shape index (κ3) is 9.76. The normalized spacial score (nSPS) is 12.0. The van der Waals surface area contributed by atoms with Gasteiger partial charge in [0.15, 0.2) is 0 Å². The van der Waals surface area contributed by atoms with Gasteiger partial charge >= 0.3 is 0 Å². The first-order valence-corrected chi connectivity index (χ1v) is 8.95. The highest BCUT2D eigenvalue weighted by atomic mass is 28.4. The van der Waals surface area contributed by atoms with Crippen molar-refractivity contribution in [2.75, 3.05) is 6.61 Å². The van der Waals surface area contributed by atoms with Crippen molar-refractivity contribution in [2.45, 2.75) is 46.2 Å². The summed E-state index contributed by atoms with van der Waals surface area (Å²) in [5.41, 5.74) is 3.30. The van der Waals surface area contributed by atoms with Crippen molar-refractivity contribution >= 4 is 8.32 Å². The van der Waals surface area contributed by atoms with Crippen LogP contribution in [-0.2, 0) is 4.43 Å². The summed E-state index contributed by atoms with van der Waals surface area (Å²) < 4.78 is 5.80. The molecule has 0 fully saturated rings. The molecule has 0 heterocycles. The van der Waals surface area contributed by atoms with E-state index in [1.165, 1.54) is 12.8 Å². The molecule has 0 saturated carbocycles. The lowest BCUT2D eigenvalue weighted by atomic mass is 10.3. The van der Waals surface area contributed by atoms with Gasteiger partial charge in [0.2, 0.25) is 0 Å². The fourth-order valence-corrected chi connectivity index (χ4v) is 2.21. The lowest BCUT2D eigenvalue weighted by molar-refractivity contribution is 0.363. The van der Waals surface area contributed by atoms with Gasteiger partial charge in [0.25, 0.3) is 8.32 Å². The average Bonchev–Trinajstić information content (AvgIpc) is 2.24. The van der Waals surface area contributed by atoms with Crippen LogP contribution in [0.25, 0.3) is 0 Å². The minimum Gasteiger partial charge on any atom is -0.402 e. The summed E-state index contributed by atoms with van der Waals surface area (Å²) in [5.74, 6) is 3.23. The Balaban J connectivity index is 3.88. The van der Waals surface area contributed by atoms with E-state index >= 15 is 0 Å². The van der Waals surface area contributed by atoms with E-state index in [0.29, 0.717) is 6.61 Å². The van der Waals surface area contributed by atoms with E-state index in [0.717, 1.165) is 6.42 Å². The van der Waals surface area contributed by atoms with Crippen molar-refractivity contribution < 1.29 is 4.43 Å². The van der Waals surface area contributed by atoms with Crippen molar-refractivity contribution in [3.8, 4) is 11.5 Å². The molecular weight excluding hydrogens is 212 g/mol. The van der Waals surface area contributed by atoms with Gasteiger partial charge in [-0.2, -0.15) is 0 Å². The van der Waals surface area contributed by atoms with Crippen LogP contribution in [0.2, 0.25) is 13.1 Å². The molecule has 0 rings (SSSR count). The first-order valence-electron chi connectivity index (χ1n) is 6.04. The van der Waals surface area contributed by atoms with Crippen molar-refractivity contribution in [1.29, 1.82) is 0 Å². The second kappa shape index (κ2) is 9.44. The van der Waals surface area contributed by atoms with Gasteiger partial charge in [-0.3, -0.25) is 0 Å². The molecule has 0 bridgehead atoms. The molecule has 0 saturated heterocycles. The zero-order valence-corrected chi connectivity index (χ0v) is 12.0. The van der Waals surface area contributed by atoms with E-state index in [2.05, 4.69) is 31.5 Å². The molecule has 0 spiro atoms. The third-order valence-electron chi connectivity index (χ3n) is 2.02. The molecule has 0 aromatic heterocycles. The van der Waals surface area contributed by atoms with Crippen LogP contribution in [0, 0.1) is 11.5 Å². The van der Waals surface area contributed by atoms with E-state index in [9.17, 15) is 0 Å². The van der Waals surface area contributed by atoms with Crippen molar-refractivity contribution in [3.63, 3.8) is 0 Å². The molecule has 0 aliphatic carbocycles. The Morgan fingerprint density at radius 2 is 2.00 bits per heavy atom. The quantitative estimate of drug-likeness (QED) is 0.292. The molecule has 90 valence electrons. The maximum absolute atomic E-state index is 5.80. The van der Waals surface area contributed by atoms with E-state index in [1.807, 2.05) is 31.2 Å². The Morgan fingerprint density at radius 3 is 2.62 bits per heavy atom. The van der Waals surface area contributed by atoms with Gasteiger partial charge in [-0.15, -0.1) is 5.92 Å². The highest BCUT2D eigenvalue weighted by molar-refractivity contribution is 6.79. The van der Waals surface area contributed by atoms with Crippen LogP contribution < -0.4 is 0 Å². The largest absolute Gasteiger partial charge is 0.402 e. The fourth-order valence-electron chi connectivity index (χ4n) is 1.08. The zero-order chi connectivity index (χ0) is 12.3. The summed E-state index contributed by atoms with van der Waals surface area (Å²) in [7, 11) is -1.75. The summed E-state index contributed by atoms with van der Waals surface area (Å²) in [6.07, 6.45) is 11.5. The van der Waals surface area contributed by atoms with Crippen LogP contribution in [0.5, 0.6) is 0 Å². The highest BCUT2D eigenvalue weighted by Crippen LogP contribution is 2.03. The van der Waals surface area contributed by atoms with Gasteiger partial charge in [-0.05, 0) is 26.4 Å². The molecule has 2 heteroatoms. The van der Waals surface area contributed by atoms with E-state index in [-0.39, 0.29) is 0 Å². The van der Waals surface area contributed by atoms with Gasteiger partial charge in [0, 0.05) is 6.42 Å². The first kappa shape index (κ1) is 15.2. The maximum Gasteiger partial charge on any atom is 0.266 e. The second-order valence-corrected chi connectivity index (χ2v) is 7.74. The zero-order valence-electron chi connectivity index (χ0n) is 11.0. The second-order valence-electron chi connectivity index (χ2n) is 4.18. The molecule has 0 radical (unpaired) electrons. The van der Waals surface area contributed by atoms with Crippen LogP contribution in [0.15, 0.2) is 24.3 Å². The summed E-state index contributed by atoms with van der Waals surface area (Å²) in [6.45, 7) is 9.16. The molecule has 0 aromatic carbocycles. The predicted molar refractivity (Wildman–Crippen MR) is 74.7 cm³/mol. The first-order chi connectivity index (χ1) is 7.62. The van der Waals surface area contributed by atoms with E-state index in [4.69, 9.17) is 4.43 Å². The van der Waals surface area contributed by atoms with Gasteiger partial charge in [-0.25, -0.2) is 0 Å². The third-order valence-corrected chi connectivity index (χ3v) is 3.69. The molecule has 16 heavy (non-hydrogen) atoms. The molecular formula is C14H24OSi. The van der Waals surface area contributed by atoms with Crippen LogP contribution in [0.1, 0.15) is 33.1 Å². The van der Waals surface area contributed by atoms with Crippen molar-refractivity contribution in [1.82, 2.24) is 0 Å². The minimum absolute atomic E-state index is 0.673. The maximum atomic E-state index is 5.80. The average molecular weight is 236 g/mol. The standard InChI is InChI=1S/C14H24OSi/c1-5-7-9-11-13-15-16(3,4)14-12-10-8-6-2/h5,7,9,11H,6,8,10,13H2,1-4H3/b7-5+,11-9+. The van der Waals surface area contributed by atoms with Crippen LogP contribution in [-0.4, -0.2) is 14.9 Å². The molecule has 1 nitrogen and oxygen atoms in total. The lowest BCUT2D eigenvalue weighted by Gasteiger charge is -2.14. The van der Waals surface area contributed by atoms with Gasteiger partial charge in [0.05, 0.1) is 6.61 Å². The number of allylic oxidation sites excluding steroid dienone is 3. The van der Waals surface area contributed by atoms with Crippen LogP contribution in [0.3, 0.4) is 0 Å². The van der Waals surface area contributed by atoms with Gasteiger partial charge < -0.3 is 4.43 Å². The van der Waals surface area contributed by atoms with Crippen LogP contribution >= 0.6 is 0 Å². The molecule has 0 N–H and O–H groups in total. The Bertz CT molecular complexity index is 279. The number of rotatable bonds is 6. The Labute approximate surface area is 102 Å². The number of hydrogen-bond acceptors (Lipinski definition) is 1. The van der Waals surface area contributed by atoms with Crippen molar-refractivity contribution in [3.05, 3.63) is 24.3 Å². The molecule has 0 aliphatic heterocycles. The molecule has 0 atom stereocenters. The summed E-state index contributed by atoms with van der Waals surface area (Å²) in [5, 5.41) is 0.